The molecular weight excluding hydrogens is 611 g/mol. The predicted molar refractivity (Wildman–Crippen MR) is 178 cm³/mol. The zero-order valence-electron chi connectivity index (χ0n) is 23.9. The number of nitrogens with one attached hydrogen (secondary N) is 2. The van der Waals surface area contributed by atoms with E-state index in [9.17, 15) is 9.59 Å². The van der Waals surface area contributed by atoms with Gasteiger partial charge in [0.15, 0.2) is 15.3 Å². The SMILES string of the molecule is Cc1ccccc1C(=O)Nc1ccc(-c2nnc(SCC(=O)Nc3nnc(SCc4cccc5ccccc45)s3)n2C)cc1. The molecule has 12 heteroatoms. The van der Waals surface area contributed by atoms with E-state index in [0.29, 0.717) is 27.4 Å². The maximum absolute atomic E-state index is 12.7. The molecule has 2 amide bonds. The third-order valence-corrected chi connectivity index (χ3v) is 9.88. The zero-order chi connectivity index (χ0) is 30.5. The van der Waals surface area contributed by atoms with E-state index in [2.05, 4.69) is 61.4 Å². The van der Waals surface area contributed by atoms with Crippen LogP contribution in [0.4, 0.5) is 10.8 Å². The number of rotatable bonds is 10. The summed E-state index contributed by atoms with van der Waals surface area (Å²) >= 11 is 4.24. The van der Waals surface area contributed by atoms with Gasteiger partial charge in [-0.05, 0) is 59.2 Å². The van der Waals surface area contributed by atoms with Gasteiger partial charge >= 0.3 is 0 Å². The topological polar surface area (TPSA) is 115 Å². The van der Waals surface area contributed by atoms with Crippen LogP contribution in [0.2, 0.25) is 0 Å². The fourth-order valence-corrected chi connectivity index (χ4v) is 7.07. The Bertz CT molecular complexity index is 1950. The van der Waals surface area contributed by atoms with Crippen LogP contribution < -0.4 is 10.6 Å². The Morgan fingerprint density at radius 3 is 2.43 bits per heavy atom. The quantitative estimate of drug-likeness (QED) is 0.121. The molecule has 6 rings (SSSR count). The van der Waals surface area contributed by atoms with Crippen LogP contribution in [0.3, 0.4) is 0 Å². The van der Waals surface area contributed by atoms with E-state index in [1.165, 1.54) is 39.4 Å². The van der Waals surface area contributed by atoms with Crippen LogP contribution in [0, 0.1) is 6.92 Å². The number of aryl methyl sites for hydroxylation is 1. The highest BCUT2D eigenvalue weighted by molar-refractivity contribution is 8.00. The fraction of sp³-hybridized carbons (Fsp3) is 0.125. The summed E-state index contributed by atoms with van der Waals surface area (Å²) in [6, 6.07) is 29.5. The Balaban J connectivity index is 1.01. The van der Waals surface area contributed by atoms with Crippen molar-refractivity contribution in [2.45, 2.75) is 22.2 Å². The van der Waals surface area contributed by atoms with Crippen molar-refractivity contribution < 1.29 is 9.59 Å². The molecule has 2 heterocycles. The van der Waals surface area contributed by atoms with Crippen LogP contribution in [0.25, 0.3) is 22.2 Å². The number of fused-ring (bicyclic) bond motifs is 1. The van der Waals surface area contributed by atoms with Gasteiger partial charge in [-0.25, -0.2) is 0 Å². The molecule has 0 aliphatic carbocycles. The van der Waals surface area contributed by atoms with Crippen LogP contribution in [0.15, 0.2) is 100 Å². The number of thioether (sulfide) groups is 2. The first-order chi connectivity index (χ1) is 21.4. The summed E-state index contributed by atoms with van der Waals surface area (Å²) in [5, 5.41) is 26.2. The van der Waals surface area contributed by atoms with Gasteiger partial charge in [0.1, 0.15) is 0 Å². The maximum atomic E-state index is 12.7. The average molecular weight is 638 g/mol. The van der Waals surface area contributed by atoms with Gasteiger partial charge in [0.25, 0.3) is 5.91 Å². The molecule has 4 aromatic carbocycles. The Labute approximate surface area is 266 Å². The summed E-state index contributed by atoms with van der Waals surface area (Å²) in [6.07, 6.45) is 0. The van der Waals surface area contributed by atoms with Crippen molar-refractivity contribution in [2.24, 2.45) is 7.05 Å². The second-order valence-corrected chi connectivity index (χ2v) is 13.0. The fourth-order valence-electron chi connectivity index (χ4n) is 4.58. The van der Waals surface area contributed by atoms with E-state index < -0.39 is 0 Å². The van der Waals surface area contributed by atoms with Gasteiger partial charge in [0, 0.05) is 29.6 Å². The molecule has 0 bridgehead atoms. The third-order valence-electron chi connectivity index (χ3n) is 6.84. The predicted octanol–water partition coefficient (Wildman–Crippen LogP) is 7.07. The lowest BCUT2D eigenvalue weighted by Gasteiger charge is -2.08. The average Bonchev–Trinajstić information content (AvgIpc) is 3.65. The molecule has 220 valence electrons. The van der Waals surface area contributed by atoms with Gasteiger partial charge < -0.3 is 9.88 Å². The van der Waals surface area contributed by atoms with Crippen LogP contribution in [-0.4, -0.2) is 42.5 Å². The summed E-state index contributed by atoms with van der Waals surface area (Å²) in [7, 11) is 1.85. The van der Waals surface area contributed by atoms with Crippen LogP contribution in [0.1, 0.15) is 21.5 Å². The molecule has 0 atom stereocenters. The highest BCUT2D eigenvalue weighted by Gasteiger charge is 2.15. The standard InChI is InChI=1S/C32H27N7O2S3/c1-20-8-3-5-12-25(20)29(41)33-24-16-14-22(15-17-24)28-35-37-31(39(28)2)42-19-27(40)34-30-36-38-32(44-30)43-18-23-11-7-10-21-9-4-6-13-26(21)23/h3-17H,18-19H2,1-2H3,(H,33,41)(H,34,36,40). The van der Waals surface area contributed by atoms with Crippen LogP contribution in [-0.2, 0) is 17.6 Å². The van der Waals surface area contributed by atoms with Crippen molar-refractivity contribution >= 4 is 68.3 Å². The van der Waals surface area contributed by atoms with Gasteiger partial charge in [-0.2, -0.15) is 0 Å². The van der Waals surface area contributed by atoms with Crippen molar-refractivity contribution in [3.8, 4) is 11.4 Å². The van der Waals surface area contributed by atoms with Crippen molar-refractivity contribution in [3.05, 3.63) is 108 Å². The summed E-state index contributed by atoms with van der Waals surface area (Å²) < 4.78 is 2.63. The minimum absolute atomic E-state index is 0.147. The first-order valence-corrected chi connectivity index (χ1v) is 16.5. The third kappa shape index (κ3) is 6.83. The Kier molecular flexibility index (Phi) is 9.01. The minimum atomic E-state index is -0.199. The lowest BCUT2D eigenvalue weighted by atomic mass is 10.1. The van der Waals surface area contributed by atoms with Crippen LogP contribution in [0.5, 0.6) is 0 Å². The molecular formula is C32H27N7O2S3. The second-order valence-electron chi connectivity index (χ2n) is 9.85. The summed E-state index contributed by atoms with van der Waals surface area (Å²) in [4.78, 5) is 25.3. The van der Waals surface area contributed by atoms with Gasteiger partial charge in [-0.3, -0.25) is 14.9 Å². The molecule has 6 aromatic rings. The highest BCUT2D eigenvalue weighted by Crippen LogP contribution is 2.31. The number of carbonyl (C=O) groups excluding carboxylic acids is 2. The first-order valence-electron chi connectivity index (χ1n) is 13.7. The first kappa shape index (κ1) is 29.5. The maximum Gasteiger partial charge on any atom is 0.255 e. The Hall–Kier alpha value is -4.52. The van der Waals surface area contributed by atoms with Crippen LogP contribution >= 0.6 is 34.9 Å². The largest absolute Gasteiger partial charge is 0.322 e. The molecule has 0 radical (unpaired) electrons. The van der Waals surface area contributed by atoms with E-state index in [1.807, 2.05) is 73.1 Å². The lowest BCUT2D eigenvalue weighted by Crippen LogP contribution is -2.14. The van der Waals surface area contributed by atoms with E-state index in [4.69, 9.17) is 0 Å². The van der Waals surface area contributed by atoms with Crippen molar-refractivity contribution in [1.82, 2.24) is 25.0 Å². The van der Waals surface area contributed by atoms with E-state index in [0.717, 1.165) is 21.2 Å². The lowest BCUT2D eigenvalue weighted by molar-refractivity contribution is -0.113. The molecule has 2 N–H and O–H groups in total. The summed E-state index contributed by atoms with van der Waals surface area (Å²) in [5.74, 6) is 1.21. The van der Waals surface area contributed by atoms with Gasteiger partial charge in [0.2, 0.25) is 11.0 Å². The molecule has 0 unspecified atom stereocenters. The number of carbonyl (C=O) groups is 2. The number of benzene rings is 4. The van der Waals surface area contributed by atoms with Crippen molar-refractivity contribution in [3.63, 3.8) is 0 Å². The Morgan fingerprint density at radius 2 is 1.59 bits per heavy atom. The van der Waals surface area contributed by atoms with Gasteiger partial charge in [-0.1, -0.05) is 95.5 Å². The van der Waals surface area contributed by atoms with Crippen molar-refractivity contribution in [1.29, 1.82) is 0 Å². The van der Waals surface area contributed by atoms with E-state index in [-0.39, 0.29) is 17.6 Å². The number of hydrogen-bond acceptors (Lipinski definition) is 9. The normalized spacial score (nSPS) is 11.0. The van der Waals surface area contributed by atoms with Crippen molar-refractivity contribution in [2.75, 3.05) is 16.4 Å². The van der Waals surface area contributed by atoms with Gasteiger partial charge in [0.05, 0.1) is 5.75 Å². The molecule has 0 fully saturated rings. The molecule has 0 spiro atoms. The smallest absolute Gasteiger partial charge is 0.255 e. The van der Waals surface area contributed by atoms with Gasteiger partial charge in [-0.15, -0.1) is 20.4 Å². The molecule has 0 aliphatic rings. The summed E-state index contributed by atoms with van der Waals surface area (Å²) in [5.41, 5.74) is 4.31. The minimum Gasteiger partial charge on any atom is -0.322 e. The monoisotopic (exact) mass is 637 g/mol. The number of amides is 2. The number of aromatic nitrogens is 5. The second kappa shape index (κ2) is 13.4. The molecule has 0 saturated carbocycles. The number of hydrogen-bond donors (Lipinski definition) is 2. The van der Waals surface area contributed by atoms with E-state index in [1.54, 1.807) is 17.8 Å². The zero-order valence-corrected chi connectivity index (χ0v) is 26.3. The Morgan fingerprint density at radius 1 is 0.818 bits per heavy atom. The molecule has 2 aromatic heterocycles. The number of nitrogens with zero attached hydrogens (tertiary/aromatic N) is 5. The number of anilines is 2. The molecule has 0 saturated heterocycles. The molecule has 0 aliphatic heterocycles. The summed E-state index contributed by atoms with van der Waals surface area (Å²) in [6.45, 7) is 1.91. The highest BCUT2D eigenvalue weighted by atomic mass is 32.2. The van der Waals surface area contributed by atoms with E-state index >= 15 is 0 Å². The molecule has 44 heavy (non-hydrogen) atoms. The molecule has 9 nitrogen and oxygen atoms in total.